The lowest BCUT2D eigenvalue weighted by Gasteiger charge is -2.35. The van der Waals surface area contributed by atoms with E-state index in [-0.39, 0.29) is 10.8 Å². The zero-order valence-electron chi connectivity index (χ0n) is 25.2. The molecule has 0 aliphatic heterocycles. The van der Waals surface area contributed by atoms with Crippen molar-refractivity contribution in [3.63, 3.8) is 0 Å². The van der Waals surface area contributed by atoms with E-state index in [9.17, 15) is 0 Å². The van der Waals surface area contributed by atoms with E-state index in [2.05, 4.69) is 160 Å². The van der Waals surface area contributed by atoms with Crippen LogP contribution in [0.15, 0.2) is 114 Å². The van der Waals surface area contributed by atoms with Crippen LogP contribution in [0.25, 0.3) is 43.8 Å². The average molecular weight is 610 g/mol. The third-order valence-electron chi connectivity index (χ3n) is 9.77. The minimum absolute atomic E-state index is 0.0455. The Kier molecular flexibility index (Phi) is 6.44. The smallest absolute Gasteiger partial charge is 0.0254 e. The van der Waals surface area contributed by atoms with Crippen LogP contribution in [-0.2, 0) is 17.3 Å². The normalized spacial score (nSPS) is 15.0. The number of benzene rings is 6. The van der Waals surface area contributed by atoms with E-state index < -0.39 is 0 Å². The highest BCUT2D eigenvalue weighted by Gasteiger charge is 2.34. The van der Waals surface area contributed by atoms with Crippen molar-refractivity contribution >= 4 is 37.5 Å². The third kappa shape index (κ3) is 3.93. The summed E-state index contributed by atoms with van der Waals surface area (Å²) in [5, 5.41) is 5.62. The number of hydrogen-bond donors (Lipinski definition) is 0. The van der Waals surface area contributed by atoms with Gasteiger partial charge in [0.05, 0.1) is 0 Å². The molecule has 0 aromatic heterocycles. The SMILES string of the molecule is CC1(C)c2ccccc2-c2ccc(Br)c3cccc1c23.CCCc1ccc2c3c(cccc13)C(C)(C)c1ccccc1-2. The first-order chi connectivity index (χ1) is 20.2. The summed E-state index contributed by atoms with van der Waals surface area (Å²) in [6.07, 6.45) is 2.35. The van der Waals surface area contributed by atoms with Crippen LogP contribution in [0.3, 0.4) is 0 Å². The van der Waals surface area contributed by atoms with Crippen LogP contribution in [0.2, 0.25) is 0 Å². The highest BCUT2D eigenvalue weighted by molar-refractivity contribution is 9.10. The lowest BCUT2D eigenvalue weighted by molar-refractivity contribution is 0.645. The summed E-state index contributed by atoms with van der Waals surface area (Å²) >= 11 is 3.70. The van der Waals surface area contributed by atoms with Crippen LogP contribution in [0.4, 0.5) is 0 Å². The molecule has 42 heavy (non-hydrogen) atoms. The Morgan fingerprint density at radius 3 is 1.52 bits per heavy atom. The van der Waals surface area contributed by atoms with Crippen molar-refractivity contribution in [1.82, 2.24) is 0 Å². The molecule has 0 bridgehead atoms. The van der Waals surface area contributed by atoms with Gasteiger partial charge in [-0.25, -0.2) is 0 Å². The highest BCUT2D eigenvalue weighted by atomic mass is 79.9. The maximum atomic E-state index is 3.70. The molecule has 0 saturated carbocycles. The van der Waals surface area contributed by atoms with Crippen molar-refractivity contribution in [2.24, 2.45) is 0 Å². The van der Waals surface area contributed by atoms with Gasteiger partial charge >= 0.3 is 0 Å². The fourth-order valence-corrected chi connectivity index (χ4v) is 8.09. The second-order valence-electron chi connectivity index (χ2n) is 12.9. The maximum absolute atomic E-state index is 3.70. The van der Waals surface area contributed by atoms with E-state index in [4.69, 9.17) is 0 Å². The van der Waals surface area contributed by atoms with Gasteiger partial charge in [0.2, 0.25) is 0 Å². The minimum atomic E-state index is 0.0455. The summed E-state index contributed by atoms with van der Waals surface area (Å²) in [5.41, 5.74) is 12.9. The first-order valence-electron chi connectivity index (χ1n) is 15.2. The van der Waals surface area contributed by atoms with E-state index in [1.165, 1.54) is 82.5 Å². The van der Waals surface area contributed by atoms with Gasteiger partial charge in [0, 0.05) is 15.3 Å². The zero-order valence-corrected chi connectivity index (χ0v) is 26.8. The van der Waals surface area contributed by atoms with E-state index in [1.807, 2.05) is 0 Å². The molecule has 8 rings (SSSR count). The number of aryl methyl sites for hydroxylation is 1. The summed E-state index contributed by atoms with van der Waals surface area (Å²) in [6.45, 7) is 11.6. The first-order valence-corrected chi connectivity index (χ1v) is 16.0. The topological polar surface area (TPSA) is 0 Å². The van der Waals surface area contributed by atoms with E-state index in [0.29, 0.717) is 0 Å². The molecule has 0 spiro atoms. The number of rotatable bonds is 2. The van der Waals surface area contributed by atoms with Gasteiger partial charge in [0.1, 0.15) is 0 Å². The molecule has 0 unspecified atom stereocenters. The Morgan fingerprint density at radius 1 is 0.476 bits per heavy atom. The molecule has 208 valence electrons. The standard InChI is InChI=1S/C22H22.C19H15Br/c1-4-8-15-13-14-18-17-9-5-6-11-19(17)22(2,3)20-12-7-10-16(15)21(18)20;1-19(2)15-8-4-3-6-12(15)13-10-11-17(20)14-7-5-9-16(19)18(13)14/h5-7,9-14H,4,8H2,1-3H3;3-11H,1-2H3. The highest BCUT2D eigenvalue weighted by Crippen LogP contribution is 2.50. The molecule has 6 aromatic rings. The van der Waals surface area contributed by atoms with Crippen molar-refractivity contribution in [2.75, 3.05) is 0 Å². The molecule has 0 amide bonds. The predicted molar refractivity (Wildman–Crippen MR) is 185 cm³/mol. The molecule has 0 saturated heterocycles. The van der Waals surface area contributed by atoms with Crippen molar-refractivity contribution < 1.29 is 0 Å². The summed E-state index contributed by atoms with van der Waals surface area (Å²) in [5.74, 6) is 0. The second kappa shape index (κ2) is 9.96. The molecular formula is C41H37Br. The Hall–Kier alpha value is -3.68. The van der Waals surface area contributed by atoms with E-state index in [1.54, 1.807) is 0 Å². The summed E-state index contributed by atoms with van der Waals surface area (Å²) in [4.78, 5) is 0. The molecule has 2 aliphatic carbocycles. The molecule has 0 N–H and O–H groups in total. The van der Waals surface area contributed by atoms with Gasteiger partial charge in [0.25, 0.3) is 0 Å². The van der Waals surface area contributed by atoms with Gasteiger partial charge in [-0.3, -0.25) is 0 Å². The summed E-state index contributed by atoms with van der Waals surface area (Å²) in [7, 11) is 0. The van der Waals surface area contributed by atoms with Gasteiger partial charge < -0.3 is 0 Å². The van der Waals surface area contributed by atoms with Crippen molar-refractivity contribution in [2.45, 2.75) is 58.3 Å². The van der Waals surface area contributed by atoms with Crippen LogP contribution in [0.5, 0.6) is 0 Å². The molecule has 0 heterocycles. The van der Waals surface area contributed by atoms with Gasteiger partial charge in [-0.05, 0) is 84.1 Å². The Labute approximate surface area is 258 Å². The maximum Gasteiger partial charge on any atom is 0.0254 e. The third-order valence-corrected chi connectivity index (χ3v) is 10.5. The fourth-order valence-electron chi connectivity index (χ4n) is 7.63. The zero-order chi connectivity index (χ0) is 29.2. The van der Waals surface area contributed by atoms with Gasteiger partial charge in [-0.1, -0.05) is 160 Å². The van der Waals surface area contributed by atoms with Gasteiger partial charge in [-0.15, -0.1) is 0 Å². The van der Waals surface area contributed by atoms with Gasteiger partial charge in [0.15, 0.2) is 0 Å². The first kappa shape index (κ1) is 27.2. The average Bonchev–Trinajstić information content (AvgIpc) is 3.01. The molecule has 6 aromatic carbocycles. The molecule has 0 nitrogen and oxygen atoms in total. The van der Waals surface area contributed by atoms with Crippen molar-refractivity contribution in [1.29, 1.82) is 0 Å². The second-order valence-corrected chi connectivity index (χ2v) is 13.8. The van der Waals surface area contributed by atoms with E-state index in [0.717, 1.165) is 6.42 Å². The molecule has 1 heteroatoms. The van der Waals surface area contributed by atoms with Crippen LogP contribution in [-0.4, -0.2) is 0 Å². The van der Waals surface area contributed by atoms with Crippen molar-refractivity contribution in [3.05, 3.63) is 141 Å². The molecular weight excluding hydrogens is 572 g/mol. The van der Waals surface area contributed by atoms with Crippen LogP contribution in [0.1, 0.15) is 68.9 Å². The van der Waals surface area contributed by atoms with E-state index >= 15 is 0 Å². The Balaban J connectivity index is 0.000000138. The minimum Gasteiger partial charge on any atom is -0.0651 e. The summed E-state index contributed by atoms with van der Waals surface area (Å²) < 4.78 is 1.17. The monoisotopic (exact) mass is 608 g/mol. The lowest BCUT2D eigenvalue weighted by Crippen LogP contribution is -2.23. The number of fused-ring (bicyclic) bond motifs is 4. The van der Waals surface area contributed by atoms with Crippen molar-refractivity contribution in [3.8, 4) is 22.3 Å². The molecule has 0 fully saturated rings. The fraction of sp³-hybridized carbons (Fsp3) is 0.220. The lowest BCUT2D eigenvalue weighted by atomic mass is 9.68. The Bertz CT molecular complexity index is 2010. The van der Waals surface area contributed by atoms with Gasteiger partial charge in [-0.2, -0.15) is 0 Å². The summed E-state index contributed by atoms with van der Waals surface area (Å²) in [6, 6.07) is 40.3. The van der Waals surface area contributed by atoms with Crippen LogP contribution >= 0.6 is 15.9 Å². The predicted octanol–water partition coefficient (Wildman–Crippen LogP) is 12.0. The molecule has 0 atom stereocenters. The van der Waals surface area contributed by atoms with Crippen LogP contribution < -0.4 is 0 Å². The quantitative estimate of drug-likeness (QED) is 0.183. The molecule has 2 aliphatic rings. The van der Waals surface area contributed by atoms with Crippen LogP contribution in [0, 0.1) is 0 Å². The molecule has 0 radical (unpaired) electrons. The Morgan fingerprint density at radius 2 is 0.952 bits per heavy atom. The number of hydrogen-bond acceptors (Lipinski definition) is 0. The largest absolute Gasteiger partial charge is 0.0651 e. The number of halogens is 1.